The molecule has 3 aromatic carbocycles. The van der Waals surface area contributed by atoms with Crippen molar-refractivity contribution in [2.45, 2.75) is 12.6 Å². The molecule has 0 radical (unpaired) electrons. The van der Waals surface area contributed by atoms with Gasteiger partial charge in [-0.1, -0.05) is 42.5 Å². The molecule has 2 amide bonds. The molecule has 1 atom stereocenters. The van der Waals surface area contributed by atoms with Crippen LogP contribution in [0.5, 0.6) is 5.75 Å². The largest absolute Gasteiger partial charge is 0.489 e. The second kappa shape index (κ2) is 9.65. The Bertz CT molecular complexity index is 1040. The van der Waals surface area contributed by atoms with E-state index in [1.54, 1.807) is 36.4 Å². The van der Waals surface area contributed by atoms with Crippen LogP contribution in [-0.2, 0) is 11.4 Å². The SMILES string of the molecule is CNC(=O)C(NC(=O)c1ccccc1COc1ccccc1)c1ccc(F)c(F)c1. The van der Waals surface area contributed by atoms with Crippen molar-refractivity contribution >= 4 is 11.8 Å². The molecule has 30 heavy (non-hydrogen) atoms. The Kier molecular flexibility index (Phi) is 6.75. The molecule has 5 nitrogen and oxygen atoms in total. The molecule has 1 unspecified atom stereocenters. The van der Waals surface area contributed by atoms with Gasteiger partial charge in [0, 0.05) is 18.2 Å². The van der Waals surface area contributed by atoms with E-state index in [0.717, 1.165) is 12.1 Å². The smallest absolute Gasteiger partial charge is 0.252 e. The summed E-state index contributed by atoms with van der Waals surface area (Å²) < 4.78 is 32.7. The van der Waals surface area contributed by atoms with Crippen molar-refractivity contribution < 1.29 is 23.1 Å². The average Bonchev–Trinajstić information content (AvgIpc) is 2.78. The van der Waals surface area contributed by atoms with E-state index in [1.165, 1.54) is 13.1 Å². The van der Waals surface area contributed by atoms with Crippen molar-refractivity contribution in [3.8, 4) is 5.75 Å². The first kappa shape index (κ1) is 21.0. The lowest BCUT2D eigenvalue weighted by molar-refractivity contribution is -0.122. The van der Waals surface area contributed by atoms with Gasteiger partial charge in [0.15, 0.2) is 11.6 Å². The number of rotatable bonds is 7. The van der Waals surface area contributed by atoms with Crippen LogP contribution >= 0.6 is 0 Å². The van der Waals surface area contributed by atoms with Crippen molar-refractivity contribution in [3.63, 3.8) is 0 Å². The third-order valence-electron chi connectivity index (χ3n) is 4.46. The molecule has 0 heterocycles. The van der Waals surface area contributed by atoms with Crippen LogP contribution in [-0.4, -0.2) is 18.9 Å². The summed E-state index contributed by atoms with van der Waals surface area (Å²) in [4.78, 5) is 25.2. The van der Waals surface area contributed by atoms with Gasteiger partial charge in [-0.2, -0.15) is 0 Å². The maximum absolute atomic E-state index is 13.7. The van der Waals surface area contributed by atoms with E-state index in [1.807, 2.05) is 18.2 Å². The molecule has 0 aliphatic carbocycles. The molecule has 0 aliphatic rings. The van der Waals surface area contributed by atoms with Gasteiger partial charge in [-0.05, 0) is 35.9 Å². The normalized spacial score (nSPS) is 11.4. The predicted octanol–water partition coefficient (Wildman–Crippen LogP) is 3.76. The number of likely N-dealkylation sites (N-methyl/N-ethyl adjacent to an activating group) is 1. The zero-order chi connectivity index (χ0) is 21.5. The minimum atomic E-state index is -1.19. The first-order valence-corrected chi connectivity index (χ1v) is 9.22. The number of para-hydroxylation sites is 1. The molecule has 0 fully saturated rings. The number of carbonyl (C=O) groups excluding carboxylic acids is 2. The standard InChI is InChI=1S/C23H20F2N2O3/c1-26-23(29)21(15-11-12-19(24)20(25)13-15)27-22(28)18-10-6-5-7-16(18)14-30-17-8-3-2-4-9-17/h2-13,21H,14H2,1H3,(H,26,29)(H,27,28). The summed E-state index contributed by atoms with van der Waals surface area (Å²) in [6.45, 7) is 0.142. The van der Waals surface area contributed by atoms with Gasteiger partial charge in [-0.25, -0.2) is 8.78 Å². The second-order valence-corrected chi connectivity index (χ2v) is 6.45. The van der Waals surface area contributed by atoms with E-state index < -0.39 is 29.5 Å². The van der Waals surface area contributed by atoms with Gasteiger partial charge in [-0.3, -0.25) is 9.59 Å². The van der Waals surface area contributed by atoms with E-state index in [2.05, 4.69) is 10.6 Å². The lowest BCUT2D eigenvalue weighted by atomic mass is 10.0. The summed E-state index contributed by atoms with van der Waals surface area (Å²) in [5, 5.41) is 5.01. The third kappa shape index (κ3) is 5.00. The van der Waals surface area contributed by atoms with Crippen molar-refractivity contribution in [1.29, 1.82) is 0 Å². The summed E-state index contributed by atoms with van der Waals surface area (Å²) in [7, 11) is 1.39. The minimum Gasteiger partial charge on any atom is -0.489 e. The van der Waals surface area contributed by atoms with Gasteiger partial charge in [0.2, 0.25) is 5.91 Å². The highest BCUT2D eigenvalue weighted by molar-refractivity contribution is 5.98. The zero-order valence-electron chi connectivity index (χ0n) is 16.2. The molecule has 2 N–H and O–H groups in total. The highest BCUT2D eigenvalue weighted by Crippen LogP contribution is 2.19. The monoisotopic (exact) mass is 410 g/mol. The van der Waals surface area contributed by atoms with E-state index in [9.17, 15) is 18.4 Å². The number of benzene rings is 3. The summed E-state index contributed by atoms with van der Waals surface area (Å²) in [5.41, 5.74) is 1.05. The third-order valence-corrected chi connectivity index (χ3v) is 4.46. The van der Waals surface area contributed by atoms with Gasteiger partial charge < -0.3 is 15.4 Å². The molecule has 0 bridgehead atoms. The van der Waals surface area contributed by atoms with Crippen LogP contribution in [0.2, 0.25) is 0 Å². The summed E-state index contributed by atoms with van der Waals surface area (Å²) in [6, 6.07) is 17.8. The maximum Gasteiger partial charge on any atom is 0.252 e. The van der Waals surface area contributed by atoms with Crippen LogP contribution in [0.25, 0.3) is 0 Å². The Hall–Kier alpha value is -3.74. The van der Waals surface area contributed by atoms with Crippen molar-refractivity contribution in [2.24, 2.45) is 0 Å². The van der Waals surface area contributed by atoms with E-state index in [4.69, 9.17) is 4.74 Å². The Labute approximate surface area is 172 Å². The summed E-state index contributed by atoms with van der Waals surface area (Å²) in [6.07, 6.45) is 0. The second-order valence-electron chi connectivity index (χ2n) is 6.45. The van der Waals surface area contributed by atoms with Gasteiger partial charge in [0.25, 0.3) is 5.91 Å². The molecular formula is C23H20F2N2O3. The lowest BCUT2D eigenvalue weighted by Gasteiger charge is -2.19. The molecule has 0 spiro atoms. The van der Waals surface area contributed by atoms with Gasteiger partial charge >= 0.3 is 0 Å². The van der Waals surface area contributed by atoms with Crippen molar-refractivity contribution in [2.75, 3.05) is 7.05 Å². The van der Waals surface area contributed by atoms with E-state index >= 15 is 0 Å². The van der Waals surface area contributed by atoms with Gasteiger partial charge in [-0.15, -0.1) is 0 Å². The van der Waals surface area contributed by atoms with Crippen LogP contribution in [0, 0.1) is 11.6 Å². The predicted molar refractivity (Wildman–Crippen MR) is 108 cm³/mol. The molecule has 3 aromatic rings. The molecule has 0 aliphatic heterocycles. The van der Waals surface area contributed by atoms with Crippen LogP contribution in [0.3, 0.4) is 0 Å². The van der Waals surface area contributed by atoms with Crippen molar-refractivity contribution in [3.05, 3.63) is 101 Å². The fourth-order valence-corrected chi connectivity index (χ4v) is 2.89. The molecule has 154 valence electrons. The average molecular weight is 410 g/mol. The van der Waals surface area contributed by atoms with E-state index in [0.29, 0.717) is 16.9 Å². The van der Waals surface area contributed by atoms with Gasteiger partial charge in [0.05, 0.1) is 0 Å². The molecule has 0 aromatic heterocycles. The maximum atomic E-state index is 13.7. The van der Waals surface area contributed by atoms with Crippen LogP contribution in [0.1, 0.15) is 27.5 Å². The lowest BCUT2D eigenvalue weighted by Crippen LogP contribution is -2.39. The Morgan fingerprint density at radius 1 is 0.933 bits per heavy atom. The zero-order valence-corrected chi connectivity index (χ0v) is 16.2. The van der Waals surface area contributed by atoms with Crippen molar-refractivity contribution in [1.82, 2.24) is 10.6 Å². The molecule has 3 rings (SSSR count). The summed E-state index contributed by atoms with van der Waals surface area (Å²) in [5.74, 6) is -2.60. The first-order valence-electron chi connectivity index (χ1n) is 9.22. The van der Waals surface area contributed by atoms with Gasteiger partial charge in [0.1, 0.15) is 18.4 Å². The van der Waals surface area contributed by atoms with Crippen LogP contribution < -0.4 is 15.4 Å². The number of nitrogens with one attached hydrogen (secondary N) is 2. The van der Waals surface area contributed by atoms with E-state index in [-0.39, 0.29) is 12.2 Å². The quantitative estimate of drug-likeness (QED) is 0.623. The summed E-state index contributed by atoms with van der Waals surface area (Å²) >= 11 is 0. The Morgan fingerprint density at radius 3 is 2.33 bits per heavy atom. The number of amides is 2. The Balaban J connectivity index is 1.82. The Morgan fingerprint density at radius 2 is 1.63 bits per heavy atom. The molecule has 7 heteroatoms. The van der Waals surface area contributed by atoms with Crippen LogP contribution in [0.15, 0.2) is 72.8 Å². The fourth-order valence-electron chi connectivity index (χ4n) is 2.89. The number of halogens is 2. The fraction of sp³-hybridized carbons (Fsp3) is 0.130. The topological polar surface area (TPSA) is 67.4 Å². The highest BCUT2D eigenvalue weighted by atomic mass is 19.2. The molecular weight excluding hydrogens is 390 g/mol. The minimum absolute atomic E-state index is 0.125. The van der Waals surface area contributed by atoms with Crippen LogP contribution in [0.4, 0.5) is 8.78 Å². The number of hydrogen-bond donors (Lipinski definition) is 2. The molecule has 0 saturated heterocycles. The molecule has 0 saturated carbocycles. The number of ether oxygens (including phenoxy) is 1. The number of carbonyl (C=O) groups is 2. The number of hydrogen-bond acceptors (Lipinski definition) is 3. The highest BCUT2D eigenvalue weighted by Gasteiger charge is 2.24. The first-order chi connectivity index (χ1) is 14.5.